The van der Waals surface area contributed by atoms with Crippen molar-refractivity contribution < 1.29 is 13.9 Å². The van der Waals surface area contributed by atoms with Gasteiger partial charge in [0.2, 0.25) is 0 Å². The normalized spacial score (nSPS) is 11.8. The van der Waals surface area contributed by atoms with Crippen molar-refractivity contribution in [3.05, 3.63) is 42.2 Å². The van der Waals surface area contributed by atoms with Gasteiger partial charge in [0.15, 0.2) is 6.61 Å². The van der Waals surface area contributed by atoms with E-state index >= 15 is 0 Å². The molecule has 0 fully saturated rings. The van der Waals surface area contributed by atoms with Crippen molar-refractivity contribution in [2.24, 2.45) is 0 Å². The van der Waals surface area contributed by atoms with Crippen LogP contribution in [0.2, 0.25) is 0 Å². The number of nitrogens with one attached hydrogen (secondary N) is 2. The molecule has 0 spiro atoms. The molecule has 1 aromatic rings. The van der Waals surface area contributed by atoms with Crippen LogP contribution in [0.5, 0.6) is 5.75 Å². The molecule has 1 rings (SSSR count). The van der Waals surface area contributed by atoms with E-state index in [1.807, 2.05) is 13.8 Å². The molecule has 1 unspecified atom stereocenters. The molecule has 110 valence electrons. The summed E-state index contributed by atoms with van der Waals surface area (Å²) in [5.41, 5.74) is 0.579. The van der Waals surface area contributed by atoms with Crippen molar-refractivity contribution >= 4 is 5.91 Å². The Morgan fingerprint density at radius 1 is 1.55 bits per heavy atom. The minimum atomic E-state index is -0.345. The largest absolute Gasteiger partial charge is 0.484 e. The molecule has 20 heavy (non-hydrogen) atoms. The Balaban J connectivity index is 2.59. The van der Waals surface area contributed by atoms with Gasteiger partial charge in [-0.15, -0.1) is 6.58 Å². The van der Waals surface area contributed by atoms with Crippen LogP contribution in [0.3, 0.4) is 0 Å². The summed E-state index contributed by atoms with van der Waals surface area (Å²) >= 11 is 0. The topological polar surface area (TPSA) is 50.4 Å². The van der Waals surface area contributed by atoms with Crippen LogP contribution < -0.4 is 15.4 Å². The number of amides is 1. The summed E-state index contributed by atoms with van der Waals surface area (Å²) in [5, 5.41) is 5.72. The smallest absolute Gasteiger partial charge is 0.258 e. The van der Waals surface area contributed by atoms with Crippen LogP contribution in [0.4, 0.5) is 4.39 Å². The molecular formula is C15H21FN2O2. The van der Waals surface area contributed by atoms with Crippen molar-refractivity contribution in [3.8, 4) is 5.75 Å². The van der Waals surface area contributed by atoms with Gasteiger partial charge in [-0.05, 0) is 19.5 Å². The Morgan fingerprint density at radius 2 is 2.30 bits per heavy atom. The van der Waals surface area contributed by atoms with E-state index < -0.39 is 0 Å². The Labute approximate surface area is 119 Å². The number of hydrogen-bond donors (Lipinski definition) is 2. The molecular weight excluding hydrogens is 259 g/mol. The summed E-state index contributed by atoms with van der Waals surface area (Å²) in [6.45, 7) is 8.36. The lowest BCUT2D eigenvalue weighted by Gasteiger charge is -2.14. The number of carbonyl (C=O) groups is 1. The predicted molar refractivity (Wildman–Crippen MR) is 77.2 cm³/mol. The van der Waals surface area contributed by atoms with Crippen LogP contribution in [-0.2, 0) is 4.79 Å². The highest BCUT2D eigenvalue weighted by atomic mass is 19.1. The highest BCUT2D eigenvalue weighted by molar-refractivity contribution is 5.77. The Morgan fingerprint density at radius 3 is 2.90 bits per heavy atom. The van der Waals surface area contributed by atoms with Crippen LogP contribution in [0.1, 0.15) is 25.5 Å². The summed E-state index contributed by atoms with van der Waals surface area (Å²) in [6, 6.07) is 4.56. The Kier molecular flexibility index (Phi) is 6.73. The molecule has 0 heterocycles. The number of carbonyl (C=O) groups excluding carboxylic acids is 1. The van der Waals surface area contributed by atoms with Gasteiger partial charge in [0.1, 0.15) is 11.6 Å². The van der Waals surface area contributed by atoms with Gasteiger partial charge in [-0.1, -0.05) is 19.1 Å². The summed E-state index contributed by atoms with van der Waals surface area (Å²) in [6.07, 6.45) is 1.58. The maximum Gasteiger partial charge on any atom is 0.258 e. The third-order valence-corrected chi connectivity index (χ3v) is 2.76. The van der Waals surface area contributed by atoms with Gasteiger partial charge in [0.05, 0.1) is 0 Å². The second kappa shape index (κ2) is 8.32. The van der Waals surface area contributed by atoms with Crippen molar-refractivity contribution in [2.45, 2.75) is 19.9 Å². The van der Waals surface area contributed by atoms with E-state index in [1.54, 1.807) is 18.2 Å². The SMILES string of the molecule is C=CCNC(=O)COc1ccc(C(C)NCC)c(F)c1. The lowest BCUT2D eigenvalue weighted by molar-refractivity contribution is -0.122. The second-order valence-corrected chi connectivity index (χ2v) is 4.34. The number of rotatable bonds is 8. The maximum absolute atomic E-state index is 13.9. The molecule has 1 aromatic carbocycles. The summed E-state index contributed by atoms with van der Waals surface area (Å²) < 4.78 is 19.2. The van der Waals surface area contributed by atoms with Crippen molar-refractivity contribution in [2.75, 3.05) is 19.7 Å². The zero-order valence-electron chi connectivity index (χ0n) is 11.9. The Bertz CT molecular complexity index is 463. The highest BCUT2D eigenvalue weighted by Crippen LogP contribution is 2.21. The van der Waals surface area contributed by atoms with E-state index in [1.165, 1.54) is 6.07 Å². The van der Waals surface area contributed by atoms with Crippen LogP contribution in [0, 0.1) is 5.82 Å². The van der Waals surface area contributed by atoms with Gasteiger partial charge in [-0.2, -0.15) is 0 Å². The summed E-state index contributed by atoms with van der Waals surface area (Å²) in [7, 11) is 0. The molecule has 5 heteroatoms. The van der Waals surface area contributed by atoms with E-state index in [0.717, 1.165) is 6.54 Å². The molecule has 4 nitrogen and oxygen atoms in total. The first kappa shape index (κ1) is 16.2. The third-order valence-electron chi connectivity index (χ3n) is 2.76. The average molecular weight is 280 g/mol. The fourth-order valence-electron chi connectivity index (χ4n) is 1.75. The van der Waals surface area contributed by atoms with E-state index in [-0.39, 0.29) is 24.4 Å². The number of halogens is 1. The van der Waals surface area contributed by atoms with E-state index in [0.29, 0.717) is 17.9 Å². The fraction of sp³-hybridized carbons (Fsp3) is 0.400. The van der Waals surface area contributed by atoms with Gasteiger partial charge in [-0.3, -0.25) is 4.79 Å². The van der Waals surface area contributed by atoms with E-state index in [4.69, 9.17) is 4.74 Å². The molecule has 0 saturated heterocycles. The molecule has 0 radical (unpaired) electrons. The highest BCUT2D eigenvalue weighted by Gasteiger charge is 2.11. The first-order chi connectivity index (χ1) is 9.58. The monoisotopic (exact) mass is 280 g/mol. The van der Waals surface area contributed by atoms with Crippen LogP contribution in [-0.4, -0.2) is 25.6 Å². The molecule has 1 amide bonds. The van der Waals surface area contributed by atoms with Crippen LogP contribution in [0.15, 0.2) is 30.9 Å². The van der Waals surface area contributed by atoms with Gasteiger partial charge >= 0.3 is 0 Å². The Hall–Kier alpha value is -1.88. The molecule has 0 saturated carbocycles. The zero-order valence-corrected chi connectivity index (χ0v) is 11.9. The average Bonchev–Trinajstić information content (AvgIpc) is 2.43. The number of hydrogen-bond acceptors (Lipinski definition) is 3. The first-order valence-corrected chi connectivity index (χ1v) is 6.61. The predicted octanol–water partition coefficient (Wildman–Crippen LogP) is 2.18. The molecule has 0 aliphatic carbocycles. The van der Waals surface area contributed by atoms with E-state index in [9.17, 15) is 9.18 Å². The molecule has 0 aliphatic rings. The molecule has 0 aromatic heterocycles. The first-order valence-electron chi connectivity index (χ1n) is 6.61. The maximum atomic E-state index is 13.9. The quantitative estimate of drug-likeness (QED) is 0.718. The lowest BCUT2D eigenvalue weighted by atomic mass is 10.1. The minimum Gasteiger partial charge on any atom is -0.484 e. The third kappa shape index (κ3) is 5.01. The van der Waals surface area contributed by atoms with Crippen LogP contribution in [0.25, 0.3) is 0 Å². The standard InChI is InChI=1S/C15H21FN2O2/c1-4-8-18-15(19)10-20-12-6-7-13(14(16)9-12)11(3)17-5-2/h4,6-7,9,11,17H,1,5,8,10H2,2-3H3,(H,18,19). The molecule has 1 atom stereocenters. The molecule has 0 bridgehead atoms. The lowest BCUT2D eigenvalue weighted by Crippen LogP contribution is -2.28. The van der Waals surface area contributed by atoms with Crippen molar-refractivity contribution in [1.29, 1.82) is 0 Å². The minimum absolute atomic E-state index is 0.0649. The van der Waals surface area contributed by atoms with Crippen molar-refractivity contribution in [3.63, 3.8) is 0 Å². The molecule has 0 aliphatic heterocycles. The van der Waals surface area contributed by atoms with E-state index in [2.05, 4.69) is 17.2 Å². The number of ether oxygens (including phenoxy) is 1. The van der Waals surface area contributed by atoms with Gasteiger partial charge < -0.3 is 15.4 Å². The fourth-order valence-corrected chi connectivity index (χ4v) is 1.75. The second-order valence-electron chi connectivity index (χ2n) is 4.34. The molecule has 2 N–H and O–H groups in total. The summed E-state index contributed by atoms with van der Waals surface area (Å²) in [4.78, 5) is 11.3. The number of benzene rings is 1. The summed E-state index contributed by atoms with van der Waals surface area (Å²) in [5.74, 6) is -0.276. The van der Waals surface area contributed by atoms with Gasteiger partial charge in [-0.25, -0.2) is 4.39 Å². The zero-order chi connectivity index (χ0) is 15.0. The van der Waals surface area contributed by atoms with Gasteiger partial charge in [0, 0.05) is 24.2 Å². The van der Waals surface area contributed by atoms with Crippen molar-refractivity contribution in [1.82, 2.24) is 10.6 Å². The van der Waals surface area contributed by atoms with Gasteiger partial charge in [0.25, 0.3) is 5.91 Å². The van der Waals surface area contributed by atoms with Crippen LogP contribution >= 0.6 is 0 Å².